The van der Waals surface area contributed by atoms with Gasteiger partial charge in [0, 0.05) is 0 Å². The molecule has 1 aromatic heterocycles. The first-order chi connectivity index (χ1) is 15.9. The van der Waals surface area contributed by atoms with Crippen LogP contribution >= 0.6 is 0 Å². The maximum Gasteiger partial charge on any atom is 0.355 e. The molecule has 166 valence electrons. The summed E-state index contributed by atoms with van der Waals surface area (Å²) in [4.78, 5) is 27.6. The van der Waals surface area contributed by atoms with Gasteiger partial charge in [-0.3, -0.25) is 4.90 Å². The van der Waals surface area contributed by atoms with Crippen LogP contribution in [0.4, 0.5) is 5.69 Å². The molecule has 1 unspecified atom stereocenters. The van der Waals surface area contributed by atoms with Crippen molar-refractivity contribution in [2.24, 2.45) is 5.73 Å². The molecule has 0 bridgehead atoms. The number of aromatic amines is 1. The number of anilines is 1. The predicted molar refractivity (Wildman–Crippen MR) is 118 cm³/mol. The maximum atomic E-state index is 13.2. The van der Waals surface area contributed by atoms with Crippen molar-refractivity contribution in [2.45, 2.75) is 12.8 Å². The van der Waals surface area contributed by atoms with Crippen molar-refractivity contribution >= 4 is 28.7 Å². The zero-order chi connectivity index (χ0) is 23.7. The minimum Gasteiger partial charge on any atom is -0.466 e. The highest BCUT2D eigenvalue weighted by Crippen LogP contribution is 2.45. The van der Waals surface area contributed by atoms with Crippen LogP contribution in [-0.4, -0.2) is 41.6 Å². The molecule has 0 saturated carbocycles. The Kier molecular flexibility index (Phi) is 5.54. The number of nitrogens with two attached hydrogens (primary N) is 1. The largest absolute Gasteiger partial charge is 0.466 e. The van der Waals surface area contributed by atoms with E-state index in [1.54, 1.807) is 49.4 Å². The van der Waals surface area contributed by atoms with E-state index in [2.05, 4.69) is 21.5 Å². The molecule has 0 radical (unpaired) electrons. The second-order valence-electron chi connectivity index (χ2n) is 7.26. The quantitative estimate of drug-likeness (QED) is 0.578. The normalized spacial score (nSPS) is 16.1. The van der Waals surface area contributed by atoms with Crippen LogP contribution in [0.1, 0.15) is 17.0 Å². The van der Waals surface area contributed by atoms with Crippen LogP contribution in [0, 0.1) is 18.3 Å². The highest BCUT2D eigenvalue weighted by atomic mass is 16.5. The number of methoxy groups -OCH3 is 2. The third-order valence-corrected chi connectivity index (χ3v) is 5.50. The van der Waals surface area contributed by atoms with Gasteiger partial charge in [0.1, 0.15) is 22.6 Å². The summed E-state index contributed by atoms with van der Waals surface area (Å²) in [5.41, 5.74) is 8.96. The molecule has 1 aliphatic rings. The number of nitrogens with one attached hydrogen (secondary N) is 1. The lowest BCUT2D eigenvalue weighted by Crippen LogP contribution is -2.41. The molecule has 2 heterocycles. The third-order valence-electron chi connectivity index (χ3n) is 5.50. The number of hydrogen-bond acceptors (Lipinski definition) is 9. The molecule has 3 N–H and O–H groups in total. The van der Waals surface area contributed by atoms with Crippen LogP contribution in [0.3, 0.4) is 0 Å². The van der Waals surface area contributed by atoms with Crippen LogP contribution in [0.25, 0.3) is 11.0 Å². The van der Waals surface area contributed by atoms with Crippen LogP contribution in [0.2, 0.25) is 0 Å². The Labute approximate surface area is 188 Å². The molecule has 0 fully saturated rings. The van der Waals surface area contributed by atoms with Crippen LogP contribution in [0.15, 0.2) is 65.1 Å². The van der Waals surface area contributed by atoms with Crippen molar-refractivity contribution in [3.63, 3.8) is 0 Å². The number of nitrogens with zero attached hydrogens (tertiary/aromatic N) is 4. The number of benzene rings is 2. The molecule has 1 atom stereocenters. The molecule has 33 heavy (non-hydrogen) atoms. The summed E-state index contributed by atoms with van der Waals surface area (Å²) >= 11 is 0. The maximum absolute atomic E-state index is 13.2. The minimum atomic E-state index is -0.939. The number of hydrogen-bond donors (Lipinski definition) is 2. The van der Waals surface area contributed by atoms with E-state index in [1.807, 2.05) is 0 Å². The number of nitriles is 1. The van der Waals surface area contributed by atoms with Gasteiger partial charge in [0.2, 0.25) is 0 Å². The number of aryl methyl sites for hydroxylation is 1. The summed E-state index contributed by atoms with van der Waals surface area (Å²) in [7, 11) is 2.40. The standard InChI is InChI=1S/C23H20N6O4/c1-12-9-10-15-18(27-28-26-15)19(12)29-20(23(31)33-3)17(22(30)32-2)16(14(11-24)21(29)25)13-7-5-4-6-8-13/h4-10,16H,25H2,1-3H3,(H,26,27,28). The number of aromatic nitrogens is 3. The lowest BCUT2D eigenvalue weighted by Gasteiger charge is -2.36. The summed E-state index contributed by atoms with van der Waals surface area (Å²) < 4.78 is 10.1. The van der Waals surface area contributed by atoms with Crippen LogP contribution in [0.5, 0.6) is 0 Å². The Balaban J connectivity index is 2.14. The lowest BCUT2D eigenvalue weighted by molar-refractivity contribution is -0.139. The average molecular weight is 444 g/mol. The Morgan fingerprint density at radius 3 is 2.42 bits per heavy atom. The molecule has 2 aromatic carbocycles. The summed E-state index contributed by atoms with van der Waals surface area (Å²) in [6, 6.07) is 14.5. The summed E-state index contributed by atoms with van der Waals surface area (Å²) in [6.07, 6.45) is 0. The molecule has 1 aliphatic heterocycles. The van der Waals surface area contributed by atoms with Crippen LogP contribution < -0.4 is 10.6 Å². The lowest BCUT2D eigenvalue weighted by atomic mass is 9.80. The van der Waals surface area contributed by atoms with E-state index in [0.29, 0.717) is 27.8 Å². The second-order valence-corrected chi connectivity index (χ2v) is 7.26. The highest BCUT2D eigenvalue weighted by Gasteiger charge is 2.43. The number of fused-ring (bicyclic) bond motifs is 1. The van der Waals surface area contributed by atoms with Crippen molar-refractivity contribution in [3.8, 4) is 6.07 Å². The topological polar surface area (TPSA) is 147 Å². The molecule has 0 amide bonds. The first kappa shape index (κ1) is 21.6. The van der Waals surface area contributed by atoms with Gasteiger partial charge in [-0.25, -0.2) is 9.59 Å². The number of esters is 2. The van der Waals surface area contributed by atoms with Gasteiger partial charge in [-0.1, -0.05) is 36.4 Å². The molecule has 4 rings (SSSR count). The van der Waals surface area contributed by atoms with Gasteiger partial charge >= 0.3 is 11.9 Å². The van der Waals surface area contributed by atoms with E-state index < -0.39 is 17.9 Å². The SMILES string of the molecule is COC(=O)C1=C(C(=O)OC)N(c2c(C)ccc3n[nH]nc23)C(N)=C(C#N)C1c1ccccc1. The molecule has 10 heteroatoms. The van der Waals surface area contributed by atoms with Gasteiger partial charge in [0.05, 0.1) is 43.0 Å². The molecular formula is C23H20N6O4. The van der Waals surface area contributed by atoms with Gasteiger partial charge in [-0.2, -0.15) is 20.7 Å². The zero-order valence-electron chi connectivity index (χ0n) is 18.1. The van der Waals surface area contributed by atoms with Crippen molar-refractivity contribution in [2.75, 3.05) is 19.1 Å². The fourth-order valence-electron chi connectivity index (χ4n) is 4.03. The number of H-pyrrole nitrogens is 1. The van der Waals surface area contributed by atoms with E-state index in [9.17, 15) is 14.9 Å². The Hall–Kier alpha value is -4.65. The van der Waals surface area contributed by atoms with Crippen LogP contribution in [-0.2, 0) is 19.1 Å². The monoisotopic (exact) mass is 444 g/mol. The molecule has 0 saturated heterocycles. The molecule has 0 aliphatic carbocycles. The second kappa shape index (κ2) is 8.47. The van der Waals surface area contributed by atoms with Gasteiger partial charge in [0.25, 0.3) is 0 Å². The van der Waals surface area contributed by atoms with Crippen molar-refractivity contribution < 1.29 is 19.1 Å². The number of ether oxygens (including phenoxy) is 2. The van der Waals surface area contributed by atoms with E-state index in [-0.39, 0.29) is 22.7 Å². The molecule has 0 spiro atoms. The van der Waals surface area contributed by atoms with E-state index >= 15 is 0 Å². The number of carbonyl (C=O) groups is 2. The van der Waals surface area contributed by atoms with Crippen molar-refractivity contribution in [1.29, 1.82) is 5.26 Å². The molecule has 10 nitrogen and oxygen atoms in total. The number of carbonyl (C=O) groups excluding carboxylic acids is 2. The Morgan fingerprint density at radius 1 is 1.09 bits per heavy atom. The zero-order valence-corrected chi connectivity index (χ0v) is 18.1. The minimum absolute atomic E-state index is 0.0296. The predicted octanol–water partition coefficient (Wildman–Crippen LogP) is 2.16. The summed E-state index contributed by atoms with van der Waals surface area (Å²) in [6.45, 7) is 1.79. The van der Waals surface area contributed by atoms with Gasteiger partial charge in [0.15, 0.2) is 0 Å². The fourth-order valence-corrected chi connectivity index (χ4v) is 4.03. The van der Waals surface area contributed by atoms with Crippen molar-refractivity contribution in [1.82, 2.24) is 15.4 Å². The van der Waals surface area contributed by atoms with E-state index in [4.69, 9.17) is 15.2 Å². The molecule has 3 aromatic rings. The number of rotatable bonds is 4. The first-order valence-corrected chi connectivity index (χ1v) is 9.90. The number of allylic oxidation sites excluding steroid dienone is 1. The summed E-state index contributed by atoms with van der Waals surface area (Å²) in [5, 5.41) is 21.0. The summed E-state index contributed by atoms with van der Waals surface area (Å²) in [5.74, 6) is -2.58. The Bertz CT molecular complexity index is 1370. The smallest absolute Gasteiger partial charge is 0.355 e. The fraction of sp³-hybridized carbons (Fsp3) is 0.174. The first-order valence-electron chi connectivity index (χ1n) is 9.90. The van der Waals surface area contributed by atoms with Gasteiger partial charge in [-0.05, 0) is 24.1 Å². The van der Waals surface area contributed by atoms with Gasteiger partial charge < -0.3 is 15.2 Å². The molecular weight excluding hydrogens is 424 g/mol. The average Bonchev–Trinajstić information content (AvgIpc) is 3.32. The van der Waals surface area contributed by atoms with E-state index in [1.165, 1.54) is 19.1 Å². The van der Waals surface area contributed by atoms with E-state index in [0.717, 1.165) is 0 Å². The van der Waals surface area contributed by atoms with Crippen molar-refractivity contribution in [3.05, 3.63) is 76.3 Å². The third kappa shape index (κ3) is 3.36. The Morgan fingerprint density at radius 2 is 1.79 bits per heavy atom. The van der Waals surface area contributed by atoms with Gasteiger partial charge in [-0.15, -0.1) is 0 Å². The highest BCUT2D eigenvalue weighted by molar-refractivity contribution is 6.08.